The lowest BCUT2D eigenvalue weighted by atomic mass is 10.0. The van der Waals surface area contributed by atoms with Crippen molar-refractivity contribution in [2.45, 2.75) is 19.4 Å². The predicted molar refractivity (Wildman–Crippen MR) is 115 cm³/mol. The molecule has 8 heteroatoms. The van der Waals surface area contributed by atoms with Crippen molar-refractivity contribution in [3.8, 4) is 11.5 Å². The van der Waals surface area contributed by atoms with Crippen molar-refractivity contribution in [1.82, 2.24) is 5.01 Å². The topological polar surface area (TPSA) is 54.4 Å². The van der Waals surface area contributed by atoms with Gasteiger partial charge in [-0.05, 0) is 49.2 Å². The zero-order chi connectivity index (χ0) is 20.4. The van der Waals surface area contributed by atoms with E-state index in [0.29, 0.717) is 22.9 Å². The van der Waals surface area contributed by atoms with Crippen molar-refractivity contribution < 1.29 is 14.3 Å². The summed E-state index contributed by atoms with van der Waals surface area (Å²) in [4.78, 5) is 14.6. The first kappa shape index (κ1) is 20.5. The van der Waals surface area contributed by atoms with E-state index < -0.39 is 0 Å². The van der Waals surface area contributed by atoms with Gasteiger partial charge < -0.3 is 9.47 Å². The highest BCUT2D eigenvalue weighted by Gasteiger charge is 2.29. The lowest BCUT2D eigenvalue weighted by molar-refractivity contribution is 0.190. The van der Waals surface area contributed by atoms with Gasteiger partial charge in [0.1, 0.15) is 0 Å². The number of anilines is 1. The van der Waals surface area contributed by atoms with Gasteiger partial charge in [-0.15, -0.1) is 0 Å². The normalized spacial score (nSPS) is 15.6. The number of nitrogens with zero attached hydrogens (tertiary/aromatic N) is 3. The minimum absolute atomic E-state index is 0.196. The van der Waals surface area contributed by atoms with Crippen LogP contribution in [0.4, 0.5) is 10.5 Å². The van der Waals surface area contributed by atoms with Crippen LogP contribution in [-0.4, -0.2) is 44.6 Å². The first-order chi connectivity index (χ1) is 13.4. The summed E-state index contributed by atoms with van der Waals surface area (Å²) in [5.74, 6) is 1.01. The van der Waals surface area contributed by atoms with Gasteiger partial charge in [-0.2, -0.15) is 5.10 Å². The molecule has 148 valence electrons. The fourth-order valence-corrected chi connectivity index (χ4v) is 3.74. The van der Waals surface area contributed by atoms with E-state index in [1.165, 1.54) is 5.01 Å². The van der Waals surface area contributed by atoms with E-state index in [9.17, 15) is 4.79 Å². The van der Waals surface area contributed by atoms with Gasteiger partial charge in [0.25, 0.3) is 0 Å². The Labute approximate surface area is 177 Å². The van der Waals surface area contributed by atoms with Crippen LogP contribution in [0.25, 0.3) is 0 Å². The number of hydrogen-bond donors (Lipinski definition) is 0. The van der Waals surface area contributed by atoms with E-state index >= 15 is 0 Å². The first-order valence-electron chi connectivity index (χ1n) is 8.67. The zero-order valence-electron chi connectivity index (χ0n) is 16.1. The average molecular weight is 467 g/mol. The van der Waals surface area contributed by atoms with E-state index in [2.05, 4.69) is 21.0 Å². The van der Waals surface area contributed by atoms with Gasteiger partial charge in [0.15, 0.2) is 11.5 Å². The van der Waals surface area contributed by atoms with E-state index in [1.54, 1.807) is 32.4 Å². The molecule has 0 spiro atoms. The van der Waals surface area contributed by atoms with Crippen molar-refractivity contribution in [3.05, 3.63) is 51.0 Å². The van der Waals surface area contributed by atoms with E-state index in [-0.39, 0.29) is 12.1 Å². The Balaban J connectivity index is 1.92. The van der Waals surface area contributed by atoms with Crippen molar-refractivity contribution in [1.29, 1.82) is 0 Å². The third-order valence-electron chi connectivity index (χ3n) is 4.68. The molecule has 3 rings (SSSR count). The number of methoxy groups -OCH3 is 2. The maximum absolute atomic E-state index is 13.1. The molecule has 6 nitrogen and oxygen atoms in total. The van der Waals surface area contributed by atoms with E-state index in [0.717, 1.165) is 21.3 Å². The van der Waals surface area contributed by atoms with Gasteiger partial charge in [-0.25, -0.2) is 9.80 Å². The number of fused-ring (bicyclic) bond motifs is 1. The van der Waals surface area contributed by atoms with E-state index in [1.807, 2.05) is 37.3 Å². The van der Waals surface area contributed by atoms with Gasteiger partial charge in [0.2, 0.25) is 0 Å². The number of ether oxygens (including phenoxy) is 2. The standard InChI is InChI=1S/C20H21BrClN3O3/c1-12-9-16-13(10-17(27-3)19(28-4)18(16)22)11-23-25(12)20(26)24(2)15-7-5-14(21)6-8-15/h5-8,10-12H,9H2,1-4H3. The quantitative estimate of drug-likeness (QED) is 0.643. The number of amides is 2. The molecule has 0 saturated carbocycles. The maximum Gasteiger partial charge on any atom is 0.344 e. The summed E-state index contributed by atoms with van der Waals surface area (Å²) in [5.41, 5.74) is 2.45. The first-order valence-corrected chi connectivity index (χ1v) is 9.84. The Bertz CT molecular complexity index is 918. The average Bonchev–Trinajstić information content (AvgIpc) is 2.86. The molecule has 1 atom stereocenters. The van der Waals surface area contributed by atoms with Gasteiger partial charge in [0, 0.05) is 22.8 Å². The van der Waals surface area contributed by atoms with E-state index in [4.69, 9.17) is 21.1 Å². The highest BCUT2D eigenvalue weighted by atomic mass is 79.9. The van der Waals surface area contributed by atoms with Gasteiger partial charge in [0.05, 0.1) is 31.5 Å². The van der Waals surface area contributed by atoms with Crippen LogP contribution in [0.5, 0.6) is 11.5 Å². The van der Waals surface area contributed by atoms with Crippen molar-refractivity contribution in [2.75, 3.05) is 26.2 Å². The molecule has 2 aromatic rings. The molecule has 1 heterocycles. The molecule has 0 N–H and O–H groups in total. The molecule has 0 aromatic heterocycles. The summed E-state index contributed by atoms with van der Waals surface area (Å²) in [5, 5.41) is 6.38. The highest BCUT2D eigenvalue weighted by Crippen LogP contribution is 2.40. The van der Waals surface area contributed by atoms with Crippen LogP contribution in [0, 0.1) is 0 Å². The number of rotatable bonds is 3. The molecule has 0 bridgehead atoms. The third kappa shape index (κ3) is 3.82. The summed E-state index contributed by atoms with van der Waals surface area (Å²) in [6.07, 6.45) is 2.18. The van der Waals surface area contributed by atoms with Crippen LogP contribution >= 0.6 is 27.5 Å². The molecule has 2 amide bonds. The van der Waals surface area contributed by atoms with Crippen molar-refractivity contribution >= 4 is 45.5 Å². The molecular weight excluding hydrogens is 446 g/mol. The van der Waals surface area contributed by atoms with Crippen molar-refractivity contribution in [2.24, 2.45) is 5.10 Å². The van der Waals surface area contributed by atoms with Gasteiger partial charge in [-0.3, -0.25) is 4.90 Å². The second-order valence-corrected chi connectivity index (χ2v) is 7.75. The number of carbonyl (C=O) groups excluding carboxylic acids is 1. The van der Waals surface area contributed by atoms with Crippen LogP contribution in [-0.2, 0) is 6.42 Å². The fourth-order valence-electron chi connectivity index (χ4n) is 3.12. The van der Waals surface area contributed by atoms with Crippen LogP contribution < -0.4 is 14.4 Å². The molecule has 0 aliphatic carbocycles. The van der Waals surface area contributed by atoms with Crippen LogP contribution in [0.3, 0.4) is 0 Å². The molecular formula is C20H21BrClN3O3. The Morgan fingerprint density at radius 2 is 1.96 bits per heavy atom. The summed E-state index contributed by atoms with van der Waals surface area (Å²) in [6.45, 7) is 1.94. The Kier molecular flexibility index (Phi) is 6.15. The molecule has 0 saturated heterocycles. The highest BCUT2D eigenvalue weighted by molar-refractivity contribution is 9.10. The Hall–Kier alpha value is -2.25. The number of halogens is 2. The Morgan fingerprint density at radius 3 is 2.57 bits per heavy atom. The predicted octanol–water partition coefficient (Wildman–Crippen LogP) is 4.96. The monoisotopic (exact) mass is 465 g/mol. The summed E-state index contributed by atoms with van der Waals surface area (Å²) in [6, 6.07) is 8.92. The molecule has 1 unspecified atom stereocenters. The molecule has 1 aliphatic rings. The molecule has 28 heavy (non-hydrogen) atoms. The number of urea groups is 1. The van der Waals surface area contributed by atoms with Crippen LogP contribution in [0.1, 0.15) is 18.1 Å². The largest absolute Gasteiger partial charge is 0.493 e. The minimum Gasteiger partial charge on any atom is -0.493 e. The van der Waals surface area contributed by atoms with Gasteiger partial charge >= 0.3 is 6.03 Å². The summed E-state index contributed by atoms with van der Waals surface area (Å²) < 4.78 is 11.7. The maximum atomic E-state index is 13.1. The summed E-state index contributed by atoms with van der Waals surface area (Å²) >= 11 is 9.97. The second-order valence-electron chi connectivity index (χ2n) is 6.45. The molecule has 1 aliphatic heterocycles. The summed E-state index contributed by atoms with van der Waals surface area (Å²) in [7, 11) is 4.83. The lowest BCUT2D eigenvalue weighted by Gasteiger charge is -2.28. The molecule has 0 radical (unpaired) electrons. The van der Waals surface area contributed by atoms with Crippen LogP contribution in [0.2, 0.25) is 5.02 Å². The number of hydrazone groups is 1. The minimum atomic E-state index is -0.228. The SMILES string of the molecule is COc1cc2c(c(Cl)c1OC)CC(C)N(C(=O)N(C)c1ccc(Br)cc1)N=C2. The zero-order valence-corrected chi connectivity index (χ0v) is 18.4. The second kappa shape index (κ2) is 8.41. The third-order valence-corrected chi connectivity index (χ3v) is 5.61. The Morgan fingerprint density at radius 1 is 1.29 bits per heavy atom. The number of benzene rings is 2. The lowest BCUT2D eigenvalue weighted by Crippen LogP contribution is -2.43. The number of hydrogen-bond acceptors (Lipinski definition) is 4. The smallest absolute Gasteiger partial charge is 0.344 e. The fraction of sp³-hybridized carbons (Fsp3) is 0.300. The molecule has 2 aromatic carbocycles. The van der Waals surface area contributed by atoms with Gasteiger partial charge in [-0.1, -0.05) is 27.5 Å². The van der Waals surface area contributed by atoms with Crippen LogP contribution in [0.15, 0.2) is 39.9 Å². The molecule has 0 fully saturated rings. The number of carbonyl (C=O) groups is 1. The van der Waals surface area contributed by atoms with Crippen molar-refractivity contribution in [3.63, 3.8) is 0 Å².